The fourth-order valence-electron chi connectivity index (χ4n) is 4.63. The highest BCUT2D eigenvalue weighted by molar-refractivity contribution is 7.89. The van der Waals surface area contributed by atoms with Crippen LogP contribution in [0.1, 0.15) is 54.6 Å². The van der Waals surface area contributed by atoms with Gasteiger partial charge in [-0.05, 0) is 74.5 Å². The van der Waals surface area contributed by atoms with Crippen molar-refractivity contribution in [3.05, 3.63) is 65.7 Å². The molecule has 2 fully saturated rings. The standard InChI is InChI=1S/C25H33N3O3S/c1-20-13-17-28(18-14-20)32(30,31)23-11-9-22(10-12-23)25(29)26-19-24(27-15-5-6-16-27)21-7-3-2-4-8-21/h2-4,7-12,20,24H,5-6,13-19H2,1H3,(H,26,29). The second kappa shape index (κ2) is 10.1. The number of hydrogen-bond acceptors (Lipinski definition) is 4. The van der Waals surface area contributed by atoms with Crippen LogP contribution in [0.5, 0.6) is 0 Å². The minimum absolute atomic E-state index is 0.142. The third kappa shape index (κ3) is 5.22. The molecule has 2 heterocycles. The molecule has 1 unspecified atom stereocenters. The van der Waals surface area contributed by atoms with Crippen molar-refractivity contribution in [1.82, 2.24) is 14.5 Å². The smallest absolute Gasteiger partial charge is 0.251 e. The molecule has 6 nitrogen and oxygen atoms in total. The largest absolute Gasteiger partial charge is 0.350 e. The maximum Gasteiger partial charge on any atom is 0.251 e. The van der Waals surface area contributed by atoms with Gasteiger partial charge in [0.2, 0.25) is 10.0 Å². The molecule has 7 heteroatoms. The Bertz CT molecular complexity index is 994. The third-order valence-electron chi connectivity index (χ3n) is 6.72. The molecule has 0 saturated carbocycles. The molecule has 1 N–H and O–H groups in total. The van der Waals surface area contributed by atoms with E-state index in [0.29, 0.717) is 31.1 Å². The second-order valence-corrected chi connectivity index (χ2v) is 10.9. The monoisotopic (exact) mass is 455 g/mol. The maximum absolute atomic E-state index is 12.9. The van der Waals surface area contributed by atoms with Crippen molar-refractivity contribution < 1.29 is 13.2 Å². The summed E-state index contributed by atoms with van der Waals surface area (Å²) in [6.07, 6.45) is 4.14. The zero-order valence-corrected chi connectivity index (χ0v) is 19.6. The summed E-state index contributed by atoms with van der Waals surface area (Å²) in [5, 5.41) is 3.06. The van der Waals surface area contributed by atoms with Gasteiger partial charge in [0.05, 0.1) is 10.9 Å². The van der Waals surface area contributed by atoms with E-state index in [2.05, 4.69) is 29.3 Å². The van der Waals surface area contributed by atoms with Gasteiger partial charge in [-0.25, -0.2) is 8.42 Å². The van der Waals surface area contributed by atoms with Crippen molar-refractivity contribution in [2.45, 2.75) is 43.5 Å². The highest BCUT2D eigenvalue weighted by Gasteiger charge is 2.28. The summed E-state index contributed by atoms with van der Waals surface area (Å²) in [5.41, 5.74) is 1.68. The normalized spacial score (nSPS) is 19.7. The van der Waals surface area contributed by atoms with Crippen LogP contribution in [0.15, 0.2) is 59.5 Å². The lowest BCUT2D eigenvalue weighted by Gasteiger charge is -2.29. The zero-order valence-electron chi connectivity index (χ0n) is 18.7. The fourth-order valence-corrected chi connectivity index (χ4v) is 6.10. The second-order valence-electron chi connectivity index (χ2n) is 8.99. The number of sulfonamides is 1. The molecule has 2 aliphatic heterocycles. The average Bonchev–Trinajstić information content (AvgIpc) is 3.35. The van der Waals surface area contributed by atoms with E-state index in [1.165, 1.54) is 18.4 Å². The Morgan fingerprint density at radius 3 is 2.22 bits per heavy atom. The molecule has 2 saturated heterocycles. The van der Waals surface area contributed by atoms with Gasteiger partial charge >= 0.3 is 0 Å². The predicted octanol–water partition coefficient (Wildman–Crippen LogP) is 3.67. The molecule has 172 valence electrons. The first-order valence-corrected chi connectivity index (χ1v) is 13.1. The molecule has 0 bridgehead atoms. The summed E-state index contributed by atoms with van der Waals surface area (Å²) in [6.45, 7) is 5.87. The molecule has 2 aliphatic rings. The number of likely N-dealkylation sites (tertiary alicyclic amines) is 1. The number of hydrogen-bond donors (Lipinski definition) is 1. The van der Waals surface area contributed by atoms with Gasteiger partial charge in [0.25, 0.3) is 5.91 Å². The fraction of sp³-hybridized carbons (Fsp3) is 0.480. The first-order chi connectivity index (χ1) is 15.4. The lowest BCUT2D eigenvalue weighted by Crippen LogP contribution is -2.38. The van der Waals surface area contributed by atoms with Crippen molar-refractivity contribution in [2.75, 3.05) is 32.7 Å². The molecule has 0 aromatic heterocycles. The van der Waals surface area contributed by atoms with Crippen molar-refractivity contribution in [2.24, 2.45) is 5.92 Å². The van der Waals surface area contributed by atoms with E-state index in [-0.39, 0.29) is 16.8 Å². The number of benzene rings is 2. The van der Waals surface area contributed by atoms with Gasteiger partial charge < -0.3 is 5.32 Å². The number of carbonyl (C=O) groups is 1. The van der Waals surface area contributed by atoms with E-state index in [1.807, 2.05) is 18.2 Å². The number of piperidine rings is 1. The Morgan fingerprint density at radius 2 is 1.59 bits per heavy atom. The molecule has 32 heavy (non-hydrogen) atoms. The van der Waals surface area contributed by atoms with E-state index in [1.54, 1.807) is 28.6 Å². The highest BCUT2D eigenvalue weighted by atomic mass is 32.2. The number of nitrogens with one attached hydrogen (secondary N) is 1. The molecule has 0 radical (unpaired) electrons. The summed E-state index contributed by atoms with van der Waals surface area (Å²) in [5.74, 6) is 0.383. The van der Waals surface area contributed by atoms with Gasteiger partial charge in [-0.2, -0.15) is 4.31 Å². The Hall–Kier alpha value is -2.22. The van der Waals surface area contributed by atoms with Gasteiger partial charge in [-0.3, -0.25) is 9.69 Å². The van der Waals surface area contributed by atoms with Crippen molar-refractivity contribution in [3.63, 3.8) is 0 Å². The molecular weight excluding hydrogens is 422 g/mol. The average molecular weight is 456 g/mol. The summed E-state index contributed by atoms with van der Waals surface area (Å²) in [4.78, 5) is 15.5. The van der Waals surface area contributed by atoms with Gasteiger partial charge in [0.1, 0.15) is 0 Å². The Morgan fingerprint density at radius 1 is 0.969 bits per heavy atom. The molecular formula is C25H33N3O3S. The first-order valence-electron chi connectivity index (χ1n) is 11.6. The number of carbonyl (C=O) groups excluding carboxylic acids is 1. The van der Waals surface area contributed by atoms with Crippen LogP contribution in [0.25, 0.3) is 0 Å². The summed E-state index contributed by atoms with van der Waals surface area (Å²) in [6, 6.07) is 16.8. The number of nitrogens with zero attached hydrogens (tertiary/aromatic N) is 2. The Kier molecular flexibility index (Phi) is 7.28. The van der Waals surface area contributed by atoms with E-state index < -0.39 is 10.0 Å². The quantitative estimate of drug-likeness (QED) is 0.692. The van der Waals surface area contributed by atoms with Crippen LogP contribution in [0, 0.1) is 5.92 Å². The SMILES string of the molecule is CC1CCN(S(=O)(=O)c2ccc(C(=O)NCC(c3ccccc3)N3CCCC3)cc2)CC1. The molecule has 0 aliphatic carbocycles. The molecule has 1 amide bonds. The van der Waals surface area contributed by atoms with Crippen molar-refractivity contribution in [3.8, 4) is 0 Å². The van der Waals surface area contributed by atoms with E-state index in [4.69, 9.17) is 0 Å². The van der Waals surface area contributed by atoms with Crippen LogP contribution in [0.4, 0.5) is 0 Å². The van der Waals surface area contributed by atoms with Crippen LogP contribution in [-0.4, -0.2) is 56.3 Å². The van der Waals surface area contributed by atoms with E-state index >= 15 is 0 Å². The molecule has 2 aromatic carbocycles. The maximum atomic E-state index is 12.9. The van der Waals surface area contributed by atoms with Crippen molar-refractivity contribution >= 4 is 15.9 Å². The predicted molar refractivity (Wildman–Crippen MR) is 126 cm³/mol. The van der Waals surface area contributed by atoms with E-state index in [9.17, 15) is 13.2 Å². The molecule has 0 spiro atoms. The van der Waals surface area contributed by atoms with Gasteiger partial charge in [0, 0.05) is 25.2 Å². The van der Waals surface area contributed by atoms with Gasteiger partial charge in [-0.1, -0.05) is 37.3 Å². The summed E-state index contributed by atoms with van der Waals surface area (Å²) >= 11 is 0. The minimum Gasteiger partial charge on any atom is -0.350 e. The van der Waals surface area contributed by atoms with Crippen LogP contribution >= 0.6 is 0 Å². The topological polar surface area (TPSA) is 69.7 Å². The number of amides is 1. The van der Waals surface area contributed by atoms with Gasteiger partial charge in [0.15, 0.2) is 0 Å². The van der Waals surface area contributed by atoms with Crippen LogP contribution in [0.2, 0.25) is 0 Å². The molecule has 1 atom stereocenters. The lowest BCUT2D eigenvalue weighted by atomic mass is 10.0. The summed E-state index contributed by atoms with van der Waals surface area (Å²) < 4.78 is 27.4. The van der Waals surface area contributed by atoms with Crippen LogP contribution in [0.3, 0.4) is 0 Å². The zero-order chi connectivity index (χ0) is 22.6. The summed E-state index contributed by atoms with van der Waals surface area (Å²) in [7, 11) is -3.51. The molecule has 2 aromatic rings. The highest BCUT2D eigenvalue weighted by Crippen LogP contribution is 2.25. The number of rotatable bonds is 7. The van der Waals surface area contributed by atoms with Crippen LogP contribution in [-0.2, 0) is 10.0 Å². The van der Waals surface area contributed by atoms with Crippen molar-refractivity contribution in [1.29, 1.82) is 0 Å². The Labute approximate surface area is 191 Å². The molecule has 4 rings (SSSR count). The van der Waals surface area contributed by atoms with Crippen LogP contribution < -0.4 is 5.32 Å². The van der Waals surface area contributed by atoms with E-state index in [0.717, 1.165) is 25.9 Å². The van der Waals surface area contributed by atoms with Gasteiger partial charge in [-0.15, -0.1) is 0 Å². The third-order valence-corrected chi connectivity index (χ3v) is 8.63. The minimum atomic E-state index is -3.51. The Balaban J connectivity index is 1.41. The lowest BCUT2D eigenvalue weighted by molar-refractivity contribution is 0.0938. The first kappa shape index (κ1) is 23.0.